The van der Waals surface area contributed by atoms with Crippen molar-refractivity contribution < 1.29 is 14.5 Å². The highest BCUT2D eigenvalue weighted by atomic mass is 35.5. The van der Waals surface area contributed by atoms with Crippen LogP contribution in [0.15, 0.2) is 24.3 Å². The zero-order valence-corrected chi connectivity index (χ0v) is 16.0. The van der Waals surface area contributed by atoms with Crippen molar-refractivity contribution in [2.24, 2.45) is 11.8 Å². The van der Waals surface area contributed by atoms with Gasteiger partial charge in [-0.1, -0.05) is 50.4 Å². The number of rotatable bonds is 6. The maximum Gasteiger partial charge on any atom is 0.279 e. The van der Waals surface area contributed by atoms with Crippen LogP contribution in [-0.4, -0.2) is 38.0 Å². The van der Waals surface area contributed by atoms with Crippen molar-refractivity contribution in [3.63, 3.8) is 0 Å². The Morgan fingerprint density at radius 2 is 1.84 bits per heavy atom. The Morgan fingerprint density at radius 3 is 2.56 bits per heavy atom. The molecule has 1 aliphatic rings. The second-order valence-electron chi connectivity index (χ2n) is 7.28. The second kappa shape index (κ2) is 9.20. The molecular formula is C19H29ClN3O2+. The third-order valence-electron chi connectivity index (χ3n) is 5.13. The summed E-state index contributed by atoms with van der Waals surface area (Å²) in [7, 11) is 1.85. The molecule has 3 N–H and O–H groups in total. The van der Waals surface area contributed by atoms with E-state index >= 15 is 0 Å². The van der Waals surface area contributed by atoms with Gasteiger partial charge in [0, 0.05) is 6.04 Å². The van der Waals surface area contributed by atoms with Crippen molar-refractivity contribution in [2.75, 3.05) is 25.5 Å². The quantitative estimate of drug-likeness (QED) is 0.718. The third kappa shape index (κ3) is 6.01. The average molecular weight is 367 g/mol. The fourth-order valence-corrected chi connectivity index (χ4v) is 3.59. The molecule has 1 aromatic carbocycles. The molecule has 1 fully saturated rings. The van der Waals surface area contributed by atoms with E-state index in [2.05, 4.69) is 24.5 Å². The van der Waals surface area contributed by atoms with Gasteiger partial charge in [0.15, 0.2) is 13.1 Å². The van der Waals surface area contributed by atoms with Crippen LogP contribution in [0, 0.1) is 11.8 Å². The van der Waals surface area contributed by atoms with E-state index in [0.29, 0.717) is 22.5 Å². The van der Waals surface area contributed by atoms with Gasteiger partial charge < -0.3 is 15.5 Å². The molecule has 1 aliphatic carbocycles. The normalized spacial score (nSPS) is 24.4. The summed E-state index contributed by atoms with van der Waals surface area (Å²) in [5.74, 6) is 0.999. The van der Waals surface area contributed by atoms with E-state index in [4.69, 9.17) is 11.6 Å². The van der Waals surface area contributed by atoms with Crippen LogP contribution in [0.1, 0.15) is 33.1 Å². The summed E-state index contributed by atoms with van der Waals surface area (Å²) in [6.07, 6.45) is 3.45. The van der Waals surface area contributed by atoms with Crippen molar-refractivity contribution in [3.8, 4) is 0 Å². The number of carbonyl (C=O) groups is 2. The van der Waals surface area contributed by atoms with E-state index in [9.17, 15) is 9.59 Å². The van der Waals surface area contributed by atoms with Gasteiger partial charge in [0.05, 0.1) is 17.8 Å². The molecule has 4 atom stereocenters. The highest BCUT2D eigenvalue weighted by Gasteiger charge is 2.28. The van der Waals surface area contributed by atoms with Gasteiger partial charge in [0.25, 0.3) is 11.8 Å². The number of carbonyl (C=O) groups excluding carboxylic acids is 2. The van der Waals surface area contributed by atoms with Crippen molar-refractivity contribution in [2.45, 2.75) is 39.2 Å². The summed E-state index contributed by atoms with van der Waals surface area (Å²) in [6.45, 7) is 4.96. The zero-order valence-electron chi connectivity index (χ0n) is 15.3. The molecule has 1 saturated carbocycles. The number of hydrogen-bond donors (Lipinski definition) is 3. The topological polar surface area (TPSA) is 62.6 Å². The first kappa shape index (κ1) is 19.7. The molecule has 5 nitrogen and oxygen atoms in total. The Bertz CT molecular complexity index is 608. The first-order valence-corrected chi connectivity index (χ1v) is 9.39. The van der Waals surface area contributed by atoms with Crippen molar-refractivity contribution in [1.82, 2.24) is 5.32 Å². The number of para-hydroxylation sites is 1. The van der Waals surface area contributed by atoms with Gasteiger partial charge in [0.1, 0.15) is 0 Å². The molecule has 0 saturated heterocycles. The Labute approximate surface area is 155 Å². The third-order valence-corrected chi connectivity index (χ3v) is 5.46. The highest BCUT2D eigenvalue weighted by Crippen LogP contribution is 2.29. The molecule has 6 heteroatoms. The Kier molecular flexibility index (Phi) is 7.26. The van der Waals surface area contributed by atoms with Crippen LogP contribution in [0.2, 0.25) is 5.02 Å². The van der Waals surface area contributed by atoms with Gasteiger partial charge in [-0.3, -0.25) is 9.59 Å². The lowest BCUT2D eigenvalue weighted by molar-refractivity contribution is -0.862. The van der Waals surface area contributed by atoms with Gasteiger partial charge >= 0.3 is 0 Å². The van der Waals surface area contributed by atoms with Gasteiger partial charge in [-0.25, -0.2) is 0 Å². The summed E-state index contributed by atoms with van der Waals surface area (Å²) in [5, 5.41) is 6.44. The van der Waals surface area contributed by atoms with Crippen LogP contribution < -0.4 is 15.5 Å². The molecular weight excluding hydrogens is 338 g/mol. The molecule has 138 valence electrons. The second-order valence-corrected chi connectivity index (χ2v) is 7.69. The minimum Gasteiger partial charge on any atom is -0.348 e. The average Bonchev–Trinajstić information content (AvgIpc) is 2.53. The predicted octanol–water partition coefficient (Wildman–Crippen LogP) is 1.73. The molecule has 0 spiro atoms. The largest absolute Gasteiger partial charge is 0.348 e. The molecule has 0 aliphatic heterocycles. The maximum absolute atomic E-state index is 12.3. The number of hydrogen-bond acceptors (Lipinski definition) is 2. The number of nitrogens with one attached hydrogen (secondary N) is 3. The lowest BCUT2D eigenvalue weighted by atomic mass is 9.78. The minimum absolute atomic E-state index is 0.00833. The molecule has 1 unspecified atom stereocenters. The number of quaternary nitrogens is 1. The molecule has 25 heavy (non-hydrogen) atoms. The molecule has 1 aromatic rings. The fraction of sp³-hybridized carbons (Fsp3) is 0.579. The van der Waals surface area contributed by atoms with Gasteiger partial charge in [-0.05, 0) is 30.4 Å². The molecule has 0 heterocycles. The standard InChI is InChI=1S/C19H28ClN3O2/c1-13-7-6-10-16(14(13)2)21-18(24)11-23(3)12-19(25)22-17-9-5-4-8-15(17)20/h4-5,8-9,13-14,16H,6-7,10-12H2,1-3H3,(H,21,24)(H,22,25)/p+1/t13-,14-,16-/m1/s1. The van der Waals surface area contributed by atoms with Crippen LogP contribution in [0.5, 0.6) is 0 Å². The van der Waals surface area contributed by atoms with E-state index in [0.717, 1.165) is 11.3 Å². The Morgan fingerprint density at radius 1 is 1.16 bits per heavy atom. The van der Waals surface area contributed by atoms with Crippen LogP contribution in [-0.2, 0) is 9.59 Å². The summed E-state index contributed by atoms with van der Waals surface area (Å²) in [5.41, 5.74) is 0.594. The number of amides is 2. The molecule has 0 aromatic heterocycles. The Balaban J connectivity index is 1.77. The predicted molar refractivity (Wildman–Crippen MR) is 101 cm³/mol. The summed E-state index contributed by atoms with van der Waals surface area (Å²) in [4.78, 5) is 25.2. The Hall–Kier alpha value is -1.59. The van der Waals surface area contributed by atoms with Gasteiger partial charge in [-0.15, -0.1) is 0 Å². The van der Waals surface area contributed by atoms with E-state index in [1.54, 1.807) is 12.1 Å². The zero-order chi connectivity index (χ0) is 18.4. The number of halogens is 1. The van der Waals surface area contributed by atoms with Crippen molar-refractivity contribution >= 4 is 29.1 Å². The number of anilines is 1. The van der Waals surface area contributed by atoms with Crippen LogP contribution in [0.25, 0.3) is 0 Å². The number of likely N-dealkylation sites (N-methyl/N-ethyl adjacent to an activating group) is 1. The van der Waals surface area contributed by atoms with Crippen LogP contribution >= 0.6 is 11.6 Å². The van der Waals surface area contributed by atoms with Gasteiger partial charge in [-0.2, -0.15) is 0 Å². The van der Waals surface area contributed by atoms with E-state index < -0.39 is 0 Å². The van der Waals surface area contributed by atoms with Gasteiger partial charge in [0.2, 0.25) is 0 Å². The van der Waals surface area contributed by atoms with E-state index in [1.807, 2.05) is 19.2 Å². The van der Waals surface area contributed by atoms with Crippen LogP contribution in [0.4, 0.5) is 5.69 Å². The SMILES string of the molecule is C[C@@H]1[C@H](C)CCC[C@H]1NC(=O)C[NH+](C)CC(=O)Nc1ccccc1Cl. The summed E-state index contributed by atoms with van der Waals surface area (Å²) in [6, 6.07) is 7.37. The highest BCUT2D eigenvalue weighted by molar-refractivity contribution is 6.33. The van der Waals surface area contributed by atoms with Crippen LogP contribution in [0.3, 0.4) is 0 Å². The fourth-order valence-electron chi connectivity index (χ4n) is 3.41. The molecule has 0 bridgehead atoms. The molecule has 2 rings (SSSR count). The van der Waals surface area contributed by atoms with Crippen molar-refractivity contribution in [1.29, 1.82) is 0 Å². The first-order valence-electron chi connectivity index (χ1n) is 9.02. The maximum atomic E-state index is 12.3. The van der Waals surface area contributed by atoms with Crippen molar-refractivity contribution in [3.05, 3.63) is 29.3 Å². The lowest BCUT2D eigenvalue weighted by Gasteiger charge is -2.34. The minimum atomic E-state index is -0.155. The summed E-state index contributed by atoms with van der Waals surface area (Å²) >= 11 is 6.04. The monoisotopic (exact) mass is 366 g/mol. The molecule has 2 amide bonds. The smallest absolute Gasteiger partial charge is 0.279 e. The summed E-state index contributed by atoms with van der Waals surface area (Å²) < 4.78 is 0. The number of benzene rings is 1. The molecule has 0 radical (unpaired) electrons. The van der Waals surface area contributed by atoms with E-state index in [1.165, 1.54) is 12.8 Å². The first-order chi connectivity index (χ1) is 11.9. The lowest BCUT2D eigenvalue weighted by Crippen LogP contribution is -3.11. The van der Waals surface area contributed by atoms with E-state index in [-0.39, 0.29) is 30.9 Å².